The lowest BCUT2D eigenvalue weighted by Gasteiger charge is -2.08. The van der Waals surface area contributed by atoms with Crippen molar-refractivity contribution in [3.8, 4) is 16.9 Å². The first-order valence-electron chi connectivity index (χ1n) is 6.56. The molecule has 1 aromatic heterocycles. The molecule has 9 heteroatoms. The van der Waals surface area contributed by atoms with Crippen molar-refractivity contribution in [2.75, 3.05) is 0 Å². The van der Waals surface area contributed by atoms with Crippen molar-refractivity contribution >= 4 is 10.0 Å². The number of rotatable bonds is 3. The third kappa shape index (κ3) is 2.86. The first-order valence-corrected chi connectivity index (χ1v) is 8.11. The van der Waals surface area contributed by atoms with Gasteiger partial charge in [0.25, 0.3) is 0 Å². The summed E-state index contributed by atoms with van der Waals surface area (Å²) in [5, 5.41) is 4.90. The SMILES string of the molecule is NS(=O)(=O)c1ccc(-c2coc(=O)n2-c2cccc(F)c2)cc1F. The third-order valence-electron chi connectivity index (χ3n) is 3.30. The molecule has 0 unspecified atom stereocenters. The molecule has 3 rings (SSSR count). The lowest BCUT2D eigenvalue weighted by atomic mass is 10.1. The van der Waals surface area contributed by atoms with Crippen molar-refractivity contribution in [3.05, 3.63) is 70.9 Å². The highest BCUT2D eigenvalue weighted by Gasteiger charge is 2.18. The van der Waals surface area contributed by atoms with Gasteiger partial charge >= 0.3 is 5.76 Å². The van der Waals surface area contributed by atoms with E-state index in [0.717, 1.165) is 29.0 Å². The van der Waals surface area contributed by atoms with Crippen LogP contribution in [0, 0.1) is 11.6 Å². The van der Waals surface area contributed by atoms with Gasteiger partial charge in [0.05, 0.1) is 11.4 Å². The van der Waals surface area contributed by atoms with E-state index in [9.17, 15) is 22.0 Å². The van der Waals surface area contributed by atoms with E-state index in [1.54, 1.807) is 0 Å². The maximum absolute atomic E-state index is 14.0. The van der Waals surface area contributed by atoms with Gasteiger partial charge in [-0.1, -0.05) is 12.1 Å². The monoisotopic (exact) mass is 352 g/mol. The summed E-state index contributed by atoms with van der Waals surface area (Å²) in [7, 11) is -4.21. The molecule has 2 aromatic carbocycles. The van der Waals surface area contributed by atoms with E-state index in [0.29, 0.717) is 0 Å². The summed E-state index contributed by atoms with van der Waals surface area (Å²) in [4.78, 5) is 11.2. The van der Waals surface area contributed by atoms with Gasteiger partial charge in [0.2, 0.25) is 10.0 Å². The van der Waals surface area contributed by atoms with Gasteiger partial charge in [-0.2, -0.15) is 0 Å². The zero-order valence-electron chi connectivity index (χ0n) is 11.9. The molecule has 3 aromatic rings. The average Bonchev–Trinajstić information content (AvgIpc) is 2.87. The fourth-order valence-corrected chi connectivity index (χ4v) is 2.85. The van der Waals surface area contributed by atoms with Crippen LogP contribution in [0.2, 0.25) is 0 Å². The summed E-state index contributed by atoms with van der Waals surface area (Å²) in [5.41, 5.74) is 0.472. The maximum Gasteiger partial charge on any atom is 0.424 e. The van der Waals surface area contributed by atoms with Gasteiger partial charge in [-0.05, 0) is 30.3 Å². The number of nitrogens with zero attached hydrogens (tertiary/aromatic N) is 1. The lowest BCUT2D eigenvalue weighted by molar-refractivity contribution is 0.504. The van der Waals surface area contributed by atoms with E-state index in [4.69, 9.17) is 9.56 Å². The minimum atomic E-state index is -4.21. The van der Waals surface area contributed by atoms with Crippen LogP contribution in [0.15, 0.2) is 62.8 Å². The van der Waals surface area contributed by atoms with Crippen LogP contribution in [-0.2, 0) is 10.0 Å². The van der Waals surface area contributed by atoms with Crippen molar-refractivity contribution in [3.63, 3.8) is 0 Å². The second-order valence-electron chi connectivity index (χ2n) is 4.89. The summed E-state index contributed by atoms with van der Waals surface area (Å²) >= 11 is 0. The molecular weight excluding hydrogens is 342 g/mol. The predicted molar refractivity (Wildman–Crippen MR) is 81.0 cm³/mol. The maximum atomic E-state index is 14.0. The molecule has 0 atom stereocenters. The molecule has 0 amide bonds. The number of oxazole rings is 1. The molecule has 24 heavy (non-hydrogen) atoms. The fraction of sp³-hybridized carbons (Fsp3) is 0. The molecule has 2 N–H and O–H groups in total. The van der Waals surface area contributed by atoms with Crippen LogP contribution in [0.5, 0.6) is 0 Å². The minimum Gasteiger partial charge on any atom is -0.415 e. The molecule has 0 fully saturated rings. The van der Waals surface area contributed by atoms with Crippen LogP contribution in [-0.4, -0.2) is 13.0 Å². The Morgan fingerprint density at radius 1 is 1.08 bits per heavy atom. The average molecular weight is 352 g/mol. The zero-order valence-corrected chi connectivity index (χ0v) is 12.8. The molecule has 0 aliphatic carbocycles. The molecule has 1 heterocycles. The largest absolute Gasteiger partial charge is 0.424 e. The van der Waals surface area contributed by atoms with Crippen LogP contribution in [0.4, 0.5) is 8.78 Å². The molecule has 0 saturated heterocycles. The van der Waals surface area contributed by atoms with E-state index in [1.165, 1.54) is 24.3 Å². The highest BCUT2D eigenvalue weighted by Crippen LogP contribution is 2.25. The molecule has 0 aliphatic rings. The first-order chi connectivity index (χ1) is 11.3. The second kappa shape index (κ2) is 5.69. The molecular formula is C15H10F2N2O4S. The second-order valence-corrected chi connectivity index (χ2v) is 6.42. The van der Waals surface area contributed by atoms with Crippen molar-refractivity contribution in [1.82, 2.24) is 4.57 Å². The summed E-state index contributed by atoms with van der Waals surface area (Å²) in [6, 6.07) is 8.33. The Kier molecular flexibility index (Phi) is 3.82. The van der Waals surface area contributed by atoms with Crippen LogP contribution < -0.4 is 10.9 Å². The number of benzene rings is 2. The predicted octanol–water partition coefficient (Wildman–Crippen LogP) is 2.02. The number of nitrogens with two attached hydrogens (primary N) is 1. The topological polar surface area (TPSA) is 95.3 Å². The van der Waals surface area contributed by atoms with Crippen molar-refractivity contribution in [2.45, 2.75) is 4.90 Å². The fourth-order valence-electron chi connectivity index (χ4n) is 2.26. The number of hydrogen-bond donors (Lipinski definition) is 1. The number of primary sulfonamides is 1. The van der Waals surface area contributed by atoms with Crippen molar-refractivity contribution in [1.29, 1.82) is 0 Å². The quantitative estimate of drug-likeness (QED) is 0.780. The van der Waals surface area contributed by atoms with Crippen LogP contribution >= 0.6 is 0 Å². The zero-order chi connectivity index (χ0) is 17.5. The van der Waals surface area contributed by atoms with Crippen LogP contribution in [0.25, 0.3) is 16.9 Å². The Morgan fingerprint density at radius 2 is 1.83 bits per heavy atom. The van der Waals surface area contributed by atoms with E-state index in [1.807, 2.05) is 0 Å². The van der Waals surface area contributed by atoms with E-state index < -0.39 is 32.3 Å². The van der Waals surface area contributed by atoms with Crippen LogP contribution in [0.1, 0.15) is 0 Å². The first kappa shape index (κ1) is 16.1. The van der Waals surface area contributed by atoms with Gasteiger partial charge in [0, 0.05) is 5.56 Å². The minimum absolute atomic E-state index is 0.130. The normalized spacial score (nSPS) is 11.6. The Bertz CT molecular complexity index is 1090. The molecule has 0 saturated carbocycles. The van der Waals surface area contributed by atoms with Gasteiger partial charge < -0.3 is 4.42 Å². The summed E-state index contributed by atoms with van der Waals surface area (Å²) < 4.78 is 55.7. The third-order valence-corrected chi connectivity index (χ3v) is 4.24. The van der Waals surface area contributed by atoms with E-state index >= 15 is 0 Å². The van der Waals surface area contributed by atoms with E-state index in [-0.39, 0.29) is 16.9 Å². The summed E-state index contributed by atoms with van der Waals surface area (Å²) in [6.45, 7) is 0. The summed E-state index contributed by atoms with van der Waals surface area (Å²) in [5.74, 6) is -2.44. The van der Waals surface area contributed by atoms with Crippen molar-refractivity contribution < 1.29 is 21.6 Å². The van der Waals surface area contributed by atoms with Crippen LogP contribution in [0.3, 0.4) is 0 Å². The summed E-state index contributed by atoms with van der Waals surface area (Å²) in [6.07, 6.45) is 1.07. The smallest absolute Gasteiger partial charge is 0.415 e. The van der Waals surface area contributed by atoms with Gasteiger partial charge in [0.1, 0.15) is 22.8 Å². The molecule has 6 nitrogen and oxygen atoms in total. The molecule has 124 valence electrons. The molecule has 0 aliphatic heterocycles. The lowest BCUT2D eigenvalue weighted by Crippen LogP contribution is -2.15. The van der Waals surface area contributed by atoms with Gasteiger partial charge in [0.15, 0.2) is 0 Å². The highest BCUT2D eigenvalue weighted by molar-refractivity contribution is 7.89. The molecule has 0 radical (unpaired) electrons. The Hall–Kier alpha value is -2.78. The highest BCUT2D eigenvalue weighted by atomic mass is 32.2. The Balaban J connectivity index is 2.19. The number of sulfonamides is 1. The van der Waals surface area contributed by atoms with Crippen molar-refractivity contribution in [2.24, 2.45) is 5.14 Å². The Morgan fingerprint density at radius 3 is 2.46 bits per heavy atom. The standard InChI is InChI=1S/C15H10F2N2O4S/c16-10-2-1-3-11(7-10)19-13(8-23-15(19)20)9-4-5-14(12(17)6-9)24(18,21)22/h1-8H,(H2,18,21,22). The number of aromatic nitrogens is 1. The molecule has 0 spiro atoms. The number of halogens is 2. The molecule has 0 bridgehead atoms. The van der Waals surface area contributed by atoms with Gasteiger partial charge in [-0.3, -0.25) is 0 Å². The Labute approximate surface area is 134 Å². The van der Waals surface area contributed by atoms with E-state index in [2.05, 4.69) is 0 Å². The van der Waals surface area contributed by atoms with Gasteiger partial charge in [-0.15, -0.1) is 0 Å². The number of hydrogen-bond acceptors (Lipinski definition) is 4. The van der Waals surface area contributed by atoms with Gasteiger partial charge in [-0.25, -0.2) is 31.7 Å².